The van der Waals surface area contributed by atoms with Crippen LogP contribution in [0.5, 0.6) is 0 Å². The largest absolute Gasteiger partial charge is 0.396 e. The zero-order valence-corrected chi connectivity index (χ0v) is 9.23. The van der Waals surface area contributed by atoms with Crippen LogP contribution in [0.2, 0.25) is 0 Å². The molecule has 0 aromatic carbocycles. The predicted octanol–water partition coefficient (Wildman–Crippen LogP) is 2.31. The van der Waals surface area contributed by atoms with E-state index in [1.165, 1.54) is 38.5 Å². The maximum absolute atomic E-state index is 8.85. The molecule has 1 N–H and O–H groups in total. The van der Waals surface area contributed by atoms with Gasteiger partial charge < -0.3 is 5.11 Å². The van der Waals surface area contributed by atoms with Crippen molar-refractivity contribution >= 4 is 0 Å². The second-order valence-electron chi connectivity index (χ2n) is 4.45. The highest BCUT2D eigenvalue weighted by Gasteiger charge is 2.14. The lowest BCUT2D eigenvalue weighted by Gasteiger charge is -2.14. The van der Waals surface area contributed by atoms with Gasteiger partial charge >= 0.3 is 0 Å². The third-order valence-electron chi connectivity index (χ3n) is 3.25. The van der Waals surface area contributed by atoms with Crippen LogP contribution in [-0.2, 0) is 6.42 Å². The second-order valence-corrected chi connectivity index (χ2v) is 4.45. The molecule has 1 heterocycles. The van der Waals surface area contributed by atoms with E-state index in [-0.39, 0.29) is 6.61 Å². The molecule has 3 nitrogen and oxygen atoms in total. The molecule has 0 spiro atoms. The van der Waals surface area contributed by atoms with E-state index < -0.39 is 0 Å². The molecule has 1 aliphatic carbocycles. The summed E-state index contributed by atoms with van der Waals surface area (Å²) in [6.07, 6.45) is 12.7. The molecule has 15 heavy (non-hydrogen) atoms. The number of aromatic nitrogens is 2. The first-order valence-electron chi connectivity index (χ1n) is 6.04. The number of aliphatic hydroxyl groups is 1. The lowest BCUT2D eigenvalue weighted by atomic mass is 10.1. The first-order valence-corrected chi connectivity index (χ1v) is 6.04. The molecule has 1 aromatic heterocycles. The Hall–Kier alpha value is -0.830. The SMILES string of the molecule is OCCc1cnn(C2CCCCCC2)c1. The molecule has 1 aliphatic rings. The molecule has 0 amide bonds. The quantitative estimate of drug-likeness (QED) is 0.774. The molecule has 84 valence electrons. The molecule has 3 heteroatoms. The Morgan fingerprint density at radius 1 is 1.27 bits per heavy atom. The minimum Gasteiger partial charge on any atom is -0.396 e. The van der Waals surface area contributed by atoms with Gasteiger partial charge in [-0.25, -0.2) is 0 Å². The lowest BCUT2D eigenvalue weighted by Crippen LogP contribution is -2.08. The zero-order valence-electron chi connectivity index (χ0n) is 9.23. The smallest absolute Gasteiger partial charge is 0.0522 e. The lowest BCUT2D eigenvalue weighted by molar-refractivity contribution is 0.299. The average molecular weight is 208 g/mol. The van der Waals surface area contributed by atoms with Crippen LogP contribution in [0.15, 0.2) is 12.4 Å². The molecule has 1 saturated carbocycles. The fraction of sp³-hybridized carbons (Fsp3) is 0.750. The van der Waals surface area contributed by atoms with Crippen LogP contribution in [-0.4, -0.2) is 21.5 Å². The van der Waals surface area contributed by atoms with Crippen LogP contribution in [0.4, 0.5) is 0 Å². The van der Waals surface area contributed by atoms with Crippen molar-refractivity contribution in [1.82, 2.24) is 9.78 Å². The first kappa shape index (κ1) is 10.7. The molecule has 1 aromatic rings. The van der Waals surface area contributed by atoms with Gasteiger partial charge in [-0.3, -0.25) is 4.68 Å². The van der Waals surface area contributed by atoms with E-state index >= 15 is 0 Å². The Kier molecular flexibility index (Phi) is 3.78. The Morgan fingerprint density at radius 2 is 2.00 bits per heavy atom. The Balaban J connectivity index is 2.00. The van der Waals surface area contributed by atoms with Gasteiger partial charge in [0.2, 0.25) is 0 Å². The van der Waals surface area contributed by atoms with Crippen LogP contribution >= 0.6 is 0 Å². The van der Waals surface area contributed by atoms with E-state index in [0.29, 0.717) is 6.04 Å². The fourth-order valence-corrected chi connectivity index (χ4v) is 2.36. The molecule has 0 saturated heterocycles. The Morgan fingerprint density at radius 3 is 2.67 bits per heavy atom. The first-order chi connectivity index (χ1) is 7.40. The summed E-state index contributed by atoms with van der Waals surface area (Å²) in [4.78, 5) is 0. The van der Waals surface area contributed by atoms with Gasteiger partial charge in [0.1, 0.15) is 0 Å². The number of rotatable bonds is 3. The highest BCUT2D eigenvalue weighted by Crippen LogP contribution is 2.26. The van der Waals surface area contributed by atoms with Crippen molar-refractivity contribution in [3.8, 4) is 0 Å². The van der Waals surface area contributed by atoms with E-state index in [0.717, 1.165) is 12.0 Å². The van der Waals surface area contributed by atoms with E-state index in [4.69, 9.17) is 5.11 Å². The van der Waals surface area contributed by atoms with Crippen LogP contribution in [0.25, 0.3) is 0 Å². The van der Waals surface area contributed by atoms with Crippen molar-refractivity contribution in [2.75, 3.05) is 6.61 Å². The Bertz CT molecular complexity index is 288. The topological polar surface area (TPSA) is 38.1 Å². The third-order valence-corrected chi connectivity index (χ3v) is 3.25. The van der Waals surface area contributed by atoms with Crippen molar-refractivity contribution < 1.29 is 5.11 Å². The van der Waals surface area contributed by atoms with Crippen molar-refractivity contribution in [2.45, 2.75) is 51.0 Å². The van der Waals surface area contributed by atoms with Crippen molar-refractivity contribution in [2.24, 2.45) is 0 Å². The summed E-state index contributed by atoms with van der Waals surface area (Å²) < 4.78 is 2.11. The highest BCUT2D eigenvalue weighted by atomic mass is 16.2. The van der Waals surface area contributed by atoms with Gasteiger partial charge in [-0.15, -0.1) is 0 Å². The molecule has 0 radical (unpaired) electrons. The van der Waals surface area contributed by atoms with Gasteiger partial charge in [-0.2, -0.15) is 5.10 Å². The Labute approximate surface area is 91.1 Å². The number of nitrogens with zero attached hydrogens (tertiary/aromatic N) is 2. The monoisotopic (exact) mass is 208 g/mol. The molecule has 2 rings (SSSR count). The summed E-state index contributed by atoms with van der Waals surface area (Å²) in [7, 11) is 0. The van der Waals surface area contributed by atoms with Crippen LogP contribution in [0.1, 0.15) is 50.1 Å². The normalized spacial score (nSPS) is 19.0. The van der Waals surface area contributed by atoms with Gasteiger partial charge in [-0.1, -0.05) is 25.7 Å². The number of aliphatic hydroxyl groups excluding tert-OH is 1. The zero-order chi connectivity index (χ0) is 10.5. The summed E-state index contributed by atoms with van der Waals surface area (Å²) >= 11 is 0. The van der Waals surface area contributed by atoms with Gasteiger partial charge in [0.25, 0.3) is 0 Å². The maximum Gasteiger partial charge on any atom is 0.0522 e. The van der Waals surface area contributed by atoms with Gasteiger partial charge in [0, 0.05) is 12.8 Å². The van der Waals surface area contributed by atoms with Crippen molar-refractivity contribution in [1.29, 1.82) is 0 Å². The van der Waals surface area contributed by atoms with Gasteiger partial charge in [0.05, 0.1) is 12.2 Å². The molecule has 0 bridgehead atoms. The molecular formula is C12H20N2O. The van der Waals surface area contributed by atoms with Crippen LogP contribution < -0.4 is 0 Å². The second kappa shape index (κ2) is 5.31. The standard InChI is InChI=1S/C12H20N2O/c15-8-7-11-9-13-14(10-11)12-5-3-1-2-4-6-12/h9-10,12,15H,1-8H2. The maximum atomic E-state index is 8.85. The number of hydrogen-bond acceptors (Lipinski definition) is 2. The number of hydrogen-bond donors (Lipinski definition) is 1. The summed E-state index contributed by atoms with van der Waals surface area (Å²) in [5.41, 5.74) is 1.15. The predicted molar refractivity (Wildman–Crippen MR) is 59.8 cm³/mol. The van der Waals surface area contributed by atoms with Gasteiger partial charge in [0.15, 0.2) is 0 Å². The molecule has 0 unspecified atom stereocenters. The molecule has 0 atom stereocenters. The minimum absolute atomic E-state index is 0.219. The summed E-state index contributed by atoms with van der Waals surface area (Å²) in [5.74, 6) is 0. The van der Waals surface area contributed by atoms with E-state index in [9.17, 15) is 0 Å². The van der Waals surface area contributed by atoms with E-state index in [1.54, 1.807) is 0 Å². The summed E-state index contributed by atoms with van der Waals surface area (Å²) in [5, 5.41) is 13.3. The molecule has 0 aliphatic heterocycles. The summed E-state index contributed by atoms with van der Waals surface area (Å²) in [6.45, 7) is 0.219. The van der Waals surface area contributed by atoms with E-state index in [2.05, 4.69) is 16.0 Å². The van der Waals surface area contributed by atoms with Crippen molar-refractivity contribution in [3.63, 3.8) is 0 Å². The van der Waals surface area contributed by atoms with Gasteiger partial charge in [-0.05, 0) is 24.8 Å². The third kappa shape index (κ3) is 2.81. The minimum atomic E-state index is 0.219. The highest BCUT2D eigenvalue weighted by molar-refractivity contribution is 5.04. The average Bonchev–Trinajstić information content (AvgIpc) is 2.53. The van der Waals surface area contributed by atoms with Crippen LogP contribution in [0.3, 0.4) is 0 Å². The van der Waals surface area contributed by atoms with E-state index in [1.807, 2.05) is 6.20 Å². The van der Waals surface area contributed by atoms with Crippen LogP contribution in [0, 0.1) is 0 Å². The molecular weight excluding hydrogens is 188 g/mol. The summed E-state index contributed by atoms with van der Waals surface area (Å²) in [6, 6.07) is 0.597. The fourth-order valence-electron chi connectivity index (χ4n) is 2.36. The van der Waals surface area contributed by atoms with Crippen molar-refractivity contribution in [3.05, 3.63) is 18.0 Å². The molecule has 1 fully saturated rings.